The van der Waals surface area contributed by atoms with E-state index in [2.05, 4.69) is 34.4 Å². The summed E-state index contributed by atoms with van der Waals surface area (Å²) in [5.41, 5.74) is 0.263. The number of rotatable bonds is 11. The Balaban J connectivity index is 1.36. The van der Waals surface area contributed by atoms with Crippen LogP contribution in [0.4, 0.5) is 0 Å². The SMILES string of the molecule is CC[C@@]1(C(=O)NSC2(C)CC2)CC/C=C\CCCCC[C@H](NC(=O)c2ccc(C)s2)C(=O)N2C[C@H](Oc3cc(OC(C)C)nc4c(C)c(OC)ccc34)C[C@H]2C(=O)N1. The number of carbonyl (C=O) groups excluding carboxylic acids is 4. The van der Waals surface area contributed by atoms with Crippen LogP contribution >= 0.6 is 23.3 Å². The minimum absolute atomic E-state index is 0.00578. The van der Waals surface area contributed by atoms with E-state index in [0.29, 0.717) is 53.5 Å². The normalized spacial score (nSPS) is 24.5. The minimum atomic E-state index is -1.21. The number of aromatic nitrogens is 1. The molecule has 0 spiro atoms. The molecule has 1 saturated heterocycles. The van der Waals surface area contributed by atoms with E-state index in [1.54, 1.807) is 24.1 Å². The number of fused-ring (bicyclic) bond motifs is 2. The summed E-state index contributed by atoms with van der Waals surface area (Å²) in [6.07, 6.45) is 10.8. The standard InChI is InChI=1S/C44H59N5O7S2/c1-8-44(42(53)48-58-43(6)22-23-43)21-15-13-11-9-10-12-14-16-32(45-40(51)36-20-17-28(4)57-36)41(52)49-26-30(24-33(49)39(50)47-44)56-35-25-37(55-27(2)3)46-38-29(5)34(54-7)19-18-31(35)38/h11,13,17-20,25,27,30,32-33H,8-10,12,14-16,21-24,26H2,1-7H3,(H,45,51)(H,47,50)(H,48,53)/b13-11-/t30-,32+,33+,44+/m1/s1. The van der Waals surface area contributed by atoms with Gasteiger partial charge in [-0.05, 0) is 122 Å². The van der Waals surface area contributed by atoms with Gasteiger partial charge < -0.3 is 29.7 Å². The fraction of sp³-hybridized carbons (Fsp3) is 0.568. The molecule has 4 atom stereocenters. The average molecular weight is 834 g/mol. The molecule has 6 rings (SSSR count). The molecule has 3 aliphatic rings. The number of allylic oxidation sites excluding steroid dienone is 2. The van der Waals surface area contributed by atoms with Gasteiger partial charge in [-0.1, -0.05) is 31.9 Å². The first kappa shape index (κ1) is 43.3. The van der Waals surface area contributed by atoms with Crippen molar-refractivity contribution < 1.29 is 33.4 Å². The third-order valence-electron chi connectivity index (χ3n) is 11.4. The van der Waals surface area contributed by atoms with Crippen LogP contribution in [0.3, 0.4) is 0 Å². The van der Waals surface area contributed by atoms with Gasteiger partial charge in [0.05, 0.1) is 30.2 Å². The highest BCUT2D eigenvalue weighted by molar-refractivity contribution is 7.99. The van der Waals surface area contributed by atoms with Crippen molar-refractivity contribution in [3.8, 4) is 17.4 Å². The van der Waals surface area contributed by atoms with E-state index in [-0.39, 0.29) is 41.5 Å². The van der Waals surface area contributed by atoms with E-state index in [9.17, 15) is 19.2 Å². The summed E-state index contributed by atoms with van der Waals surface area (Å²) in [6, 6.07) is 7.30. The molecule has 314 valence electrons. The summed E-state index contributed by atoms with van der Waals surface area (Å²) in [5, 5.41) is 6.95. The molecule has 12 nitrogen and oxygen atoms in total. The van der Waals surface area contributed by atoms with Gasteiger partial charge in [0.15, 0.2) is 0 Å². The van der Waals surface area contributed by atoms with Gasteiger partial charge in [0.1, 0.15) is 35.2 Å². The summed E-state index contributed by atoms with van der Waals surface area (Å²) < 4.78 is 21.5. The van der Waals surface area contributed by atoms with Crippen molar-refractivity contribution in [1.29, 1.82) is 0 Å². The molecule has 2 fully saturated rings. The number of hydrogen-bond donors (Lipinski definition) is 3. The van der Waals surface area contributed by atoms with Gasteiger partial charge >= 0.3 is 0 Å². The second-order valence-electron chi connectivity index (χ2n) is 16.4. The van der Waals surface area contributed by atoms with Crippen LogP contribution < -0.4 is 29.6 Å². The lowest BCUT2D eigenvalue weighted by molar-refractivity contribution is -0.142. The van der Waals surface area contributed by atoms with Crippen LogP contribution in [0.15, 0.2) is 42.5 Å². The molecule has 3 aromatic rings. The molecule has 1 aliphatic carbocycles. The number of thiophene rings is 1. The molecule has 0 unspecified atom stereocenters. The highest BCUT2D eigenvalue weighted by Crippen LogP contribution is 2.46. The first-order chi connectivity index (χ1) is 27.7. The first-order valence-corrected chi connectivity index (χ1v) is 22.3. The van der Waals surface area contributed by atoms with Gasteiger partial charge in [-0.25, -0.2) is 4.98 Å². The largest absolute Gasteiger partial charge is 0.496 e. The number of nitrogens with one attached hydrogen (secondary N) is 3. The fourth-order valence-corrected chi connectivity index (χ4v) is 9.26. The van der Waals surface area contributed by atoms with Crippen LogP contribution in [-0.2, 0) is 14.4 Å². The number of ether oxygens (including phenoxy) is 3. The molecular weight excluding hydrogens is 775 g/mol. The van der Waals surface area contributed by atoms with Crippen LogP contribution in [0.2, 0.25) is 0 Å². The molecule has 58 heavy (non-hydrogen) atoms. The quantitative estimate of drug-likeness (QED) is 0.130. The van der Waals surface area contributed by atoms with Crippen LogP contribution in [0.1, 0.15) is 118 Å². The van der Waals surface area contributed by atoms with Crippen molar-refractivity contribution in [2.45, 2.75) is 147 Å². The Bertz CT molecular complexity index is 2010. The molecular formula is C44H59N5O7S2. The smallest absolute Gasteiger partial charge is 0.262 e. The zero-order valence-corrected chi connectivity index (χ0v) is 36.5. The maximum atomic E-state index is 14.9. The lowest BCUT2D eigenvalue weighted by Crippen LogP contribution is -2.62. The van der Waals surface area contributed by atoms with E-state index in [1.807, 2.05) is 52.8 Å². The number of amides is 4. The highest BCUT2D eigenvalue weighted by Gasteiger charge is 2.48. The summed E-state index contributed by atoms with van der Waals surface area (Å²) in [6.45, 7) is 11.8. The zero-order chi connectivity index (χ0) is 41.6. The summed E-state index contributed by atoms with van der Waals surface area (Å²) in [5.74, 6) is 0.196. The lowest BCUT2D eigenvalue weighted by atomic mass is 9.88. The summed E-state index contributed by atoms with van der Waals surface area (Å²) >= 11 is 2.79. The number of nitrogens with zero attached hydrogens (tertiary/aromatic N) is 2. The minimum Gasteiger partial charge on any atom is -0.496 e. The molecule has 0 radical (unpaired) electrons. The fourth-order valence-electron chi connectivity index (χ4n) is 7.65. The molecule has 4 heterocycles. The number of aryl methyl sites for hydroxylation is 2. The lowest BCUT2D eigenvalue weighted by Gasteiger charge is -2.35. The molecule has 1 aromatic carbocycles. The topological polar surface area (TPSA) is 148 Å². The second-order valence-corrected chi connectivity index (χ2v) is 19.1. The Morgan fingerprint density at radius 2 is 1.83 bits per heavy atom. The van der Waals surface area contributed by atoms with E-state index >= 15 is 0 Å². The molecule has 2 aromatic heterocycles. The van der Waals surface area contributed by atoms with Crippen LogP contribution in [-0.4, -0.2) is 81.7 Å². The Labute approximate surface area is 350 Å². The van der Waals surface area contributed by atoms with Crippen molar-refractivity contribution >= 4 is 57.8 Å². The predicted molar refractivity (Wildman–Crippen MR) is 230 cm³/mol. The number of hydrogen-bond acceptors (Lipinski definition) is 10. The Hall–Kier alpha value is -4.30. The van der Waals surface area contributed by atoms with Gasteiger partial charge in [-0.3, -0.25) is 23.9 Å². The van der Waals surface area contributed by atoms with Crippen molar-refractivity contribution in [1.82, 2.24) is 25.2 Å². The van der Waals surface area contributed by atoms with Crippen molar-refractivity contribution in [2.24, 2.45) is 0 Å². The van der Waals surface area contributed by atoms with E-state index in [4.69, 9.17) is 19.2 Å². The maximum Gasteiger partial charge on any atom is 0.262 e. The van der Waals surface area contributed by atoms with Crippen molar-refractivity contribution in [3.05, 3.63) is 57.8 Å². The monoisotopic (exact) mass is 833 g/mol. The second kappa shape index (κ2) is 18.7. The number of benzene rings is 1. The van der Waals surface area contributed by atoms with Crippen molar-refractivity contribution in [3.63, 3.8) is 0 Å². The van der Waals surface area contributed by atoms with Gasteiger partial charge in [0, 0.05) is 33.1 Å². The Morgan fingerprint density at radius 1 is 1.05 bits per heavy atom. The molecule has 1 saturated carbocycles. The molecule has 0 bridgehead atoms. The third kappa shape index (κ3) is 10.3. The van der Waals surface area contributed by atoms with Gasteiger partial charge in [0.25, 0.3) is 11.8 Å². The summed E-state index contributed by atoms with van der Waals surface area (Å²) in [7, 11) is 1.61. The summed E-state index contributed by atoms with van der Waals surface area (Å²) in [4.78, 5) is 65.2. The van der Waals surface area contributed by atoms with Gasteiger partial charge in [-0.15, -0.1) is 11.3 Å². The average Bonchev–Trinajstić information content (AvgIpc) is 3.53. The third-order valence-corrected chi connectivity index (χ3v) is 13.6. The van der Waals surface area contributed by atoms with Gasteiger partial charge in [-0.2, -0.15) is 0 Å². The zero-order valence-electron chi connectivity index (χ0n) is 34.9. The van der Waals surface area contributed by atoms with E-state index < -0.39 is 29.6 Å². The Kier molecular flexibility index (Phi) is 14.0. The van der Waals surface area contributed by atoms with Gasteiger partial charge in [0.2, 0.25) is 17.7 Å². The molecule has 2 aliphatic heterocycles. The van der Waals surface area contributed by atoms with E-state index in [1.165, 1.54) is 23.3 Å². The maximum absolute atomic E-state index is 14.9. The highest BCUT2D eigenvalue weighted by atomic mass is 32.2. The Morgan fingerprint density at radius 3 is 2.52 bits per heavy atom. The van der Waals surface area contributed by atoms with Crippen LogP contribution in [0.5, 0.6) is 17.4 Å². The first-order valence-electron chi connectivity index (χ1n) is 20.7. The molecule has 4 amide bonds. The number of methoxy groups -OCH3 is 1. The number of pyridine rings is 1. The van der Waals surface area contributed by atoms with Crippen molar-refractivity contribution in [2.75, 3.05) is 13.7 Å². The number of carbonyl (C=O) groups is 4. The van der Waals surface area contributed by atoms with Crippen LogP contribution in [0, 0.1) is 13.8 Å². The van der Waals surface area contributed by atoms with E-state index in [0.717, 1.165) is 54.4 Å². The molecule has 3 N–H and O–H groups in total. The molecule has 14 heteroatoms. The predicted octanol–water partition coefficient (Wildman–Crippen LogP) is 7.74. The van der Waals surface area contributed by atoms with Crippen LogP contribution in [0.25, 0.3) is 10.9 Å².